The van der Waals surface area contributed by atoms with E-state index in [4.69, 9.17) is 30.0 Å². The van der Waals surface area contributed by atoms with Crippen LogP contribution < -0.4 is 0 Å². The van der Waals surface area contributed by atoms with Gasteiger partial charge in [-0.3, -0.25) is 9.59 Å². The number of carboxylic acid groups (broad SMARTS) is 2. The molecule has 0 heterocycles. The highest BCUT2D eigenvalue weighted by molar-refractivity contribution is 9.10. The quantitative estimate of drug-likeness (QED) is 0.583. The molecule has 7 heteroatoms. The summed E-state index contributed by atoms with van der Waals surface area (Å²) >= 11 is 2.98. The van der Waals surface area contributed by atoms with E-state index in [1.807, 2.05) is 0 Å². The first kappa shape index (κ1) is 17.6. The highest BCUT2D eigenvalue weighted by Crippen LogP contribution is 2.31. The Hall–Kier alpha value is -1.76. The van der Waals surface area contributed by atoms with Gasteiger partial charge in [0.2, 0.25) is 0 Å². The fourth-order valence-electron chi connectivity index (χ4n) is 0.508. The van der Waals surface area contributed by atoms with Crippen LogP contribution in [0.25, 0.3) is 0 Å². The van der Waals surface area contributed by atoms with E-state index in [2.05, 4.69) is 15.9 Å². The number of aliphatic carboxylic acids is 2. The maximum Gasteiger partial charge on any atom is 0.300 e. The minimum atomic E-state index is -0.833. The summed E-state index contributed by atoms with van der Waals surface area (Å²) in [5.41, 5.74) is 0. The minimum Gasteiger partial charge on any atom is -0.507 e. The zero-order valence-corrected chi connectivity index (χ0v) is 10.8. The Morgan fingerprint density at radius 3 is 1.41 bits per heavy atom. The van der Waals surface area contributed by atoms with Crippen molar-refractivity contribution in [3.05, 3.63) is 22.7 Å². The van der Waals surface area contributed by atoms with Gasteiger partial charge in [-0.1, -0.05) is 6.07 Å². The second kappa shape index (κ2) is 9.46. The number of rotatable bonds is 0. The van der Waals surface area contributed by atoms with E-state index < -0.39 is 11.9 Å². The first-order valence-electron chi connectivity index (χ1n) is 4.24. The molecular formula is C10H13BrO6. The van der Waals surface area contributed by atoms with Crippen molar-refractivity contribution in [2.24, 2.45) is 0 Å². The van der Waals surface area contributed by atoms with Crippen molar-refractivity contribution < 1.29 is 30.0 Å². The lowest BCUT2D eigenvalue weighted by Crippen LogP contribution is -1.78. The number of hydrogen-bond acceptors (Lipinski definition) is 4. The van der Waals surface area contributed by atoms with Crippen LogP contribution in [-0.2, 0) is 9.59 Å². The van der Waals surface area contributed by atoms with E-state index in [1.54, 1.807) is 6.07 Å². The van der Waals surface area contributed by atoms with Gasteiger partial charge in [-0.05, 0) is 28.1 Å². The number of phenols is 2. The zero-order valence-electron chi connectivity index (χ0n) is 9.22. The normalized spacial score (nSPS) is 7.94. The average molecular weight is 309 g/mol. The predicted molar refractivity (Wildman–Crippen MR) is 64.1 cm³/mol. The van der Waals surface area contributed by atoms with Gasteiger partial charge in [0.25, 0.3) is 11.9 Å². The lowest BCUT2D eigenvalue weighted by atomic mass is 10.3. The Kier molecular flexibility index (Phi) is 9.82. The summed E-state index contributed by atoms with van der Waals surface area (Å²) in [6.07, 6.45) is 0. The highest BCUT2D eigenvalue weighted by Gasteiger charge is 1.99. The molecule has 6 nitrogen and oxygen atoms in total. The molecule has 0 aliphatic rings. The standard InChI is InChI=1S/C6H5BrO2.2C2H4O2/c7-6-4(8)2-1-3-5(6)9;2*1-2(3)4/h1-3,8-9H;2*1H3,(H,3,4). The SMILES string of the molecule is CC(=O)O.CC(=O)O.Oc1cccc(O)c1Br. The maximum absolute atomic E-state index is 9.00. The summed E-state index contributed by atoms with van der Waals surface area (Å²) in [4.78, 5) is 18.0. The maximum atomic E-state index is 9.00. The number of halogens is 1. The number of aromatic hydroxyl groups is 2. The van der Waals surface area contributed by atoms with Crippen molar-refractivity contribution in [1.29, 1.82) is 0 Å². The number of benzene rings is 1. The molecule has 0 saturated heterocycles. The van der Waals surface area contributed by atoms with Gasteiger partial charge in [0.1, 0.15) is 16.0 Å². The van der Waals surface area contributed by atoms with Gasteiger partial charge in [-0.2, -0.15) is 0 Å². The average Bonchev–Trinajstić information content (AvgIpc) is 2.12. The molecule has 0 radical (unpaired) electrons. The topological polar surface area (TPSA) is 115 Å². The van der Waals surface area contributed by atoms with E-state index in [-0.39, 0.29) is 11.5 Å². The molecule has 0 aromatic heterocycles. The Bertz CT molecular complexity index is 337. The Balaban J connectivity index is 0. The third kappa shape index (κ3) is 14.2. The molecule has 0 fully saturated rings. The number of carboxylic acids is 2. The number of carbonyl (C=O) groups is 2. The number of hydrogen-bond donors (Lipinski definition) is 4. The van der Waals surface area contributed by atoms with Crippen molar-refractivity contribution in [2.45, 2.75) is 13.8 Å². The zero-order chi connectivity index (χ0) is 14.0. The van der Waals surface area contributed by atoms with Gasteiger partial charge in [-0.15, -0.1) is 0 Å². The molecule has 1 aromatic rings. The van der Waals surface area contributed by atoms with Gasteiger partial charge >= 0.3 is 0 Å². The monoisotopic (exact) mass is 308 g/mol. The molecule has 17 heavy (non-hydrogen) atoms. The van der Waals surface area contributed by atoms with Crippen LogP contribution in [0.3, 0.4) is 0 Å². The molecule has 0 aliphatic carbocycles. The lowest BCUT2D eigenvalue weighted by molar-refractivity contribution is -0.135. The third-order valence-electron chi connectivity index (χ3n) is 0.958. The molecule has 1 rings (SSSR count). The largest absolute Gasteiger partial charge is 0.507 e. The summed E-state index contributed by atoms with van der Waals surface area (Å²) in [7, 11) is 0. The Morgan fingerprint density at radius 2 is 1.24 bits per heavy atom. The summed E-state index contributed by atoms with van der Waals surface area (Å²) in [5, 5.41) is 32.6. The van der Waals surface area contributed by atoms with Gasteiger partial charge < -0.3 is 20.4 Å². The summed E-state index contributed by atoms with van der Waals surface area (Å²) in [6, 6.07) is 4.54. The predicted octanol–water partition coefficient (Wildman–Crippen LogP) is 2.04. The Morgan fingerprint density at radius 1 is 1.00 bits per heavy atom. The highest BCUT2D eigenvalue weighted by atomic mass is 79.9. The van der Waals surface area contributed by atoms with Gasteiger partial charge in [0.15, 0.2) is 0 Å². The van der Waals surface area contributed by atoms with Crippen molar-refractivity contribution in [3.63, 3.8) is 0 Å². The minimum absolute atomic E-state index is 0.0509. The van der Waals surface area contributed by atoms with Crippen LogP contribution in [0.4, 0.5) is 0 Å². The molecule has 0 saturated carbocycles. The Labute approximate surface area is 106 Å². The smallest absolute Gasteiger partial charge is 0.300 e. The molecule has 0 unspecified atom stereocenters. The van der Waals surface area contributed by atoms with E-state index in [9.17, 15) is 0 Å². The first-order chi connectivity index (χ1) is 7.68. The molecule has 0 aliphatic heterocycles. The van der Waals surface area contributed by atoms with Gasteiger partial charge in [-0.25, -0.2) is 0 Å². The summed E-state index contributed by atoms with van der Waals surface area (Å²) in [6.45, 7) is 2.17. The molecule has 1 aromatic carbocycles. The van der Waals surface area contributed by atoms with Gasteiger partial charge in [0, 0.05) is 13.8 Å². The van der Waals surface area contributed by atoms with Crippen LogP contribution in [0, 0.1) is 0 Å². The molecule has 0 spiro atoms. The molecule has 0 atom stereocenters. The fourth-order valence-corrected chi connectivity index (χ4v) is 0.772. The van der Waals surface area contributed by atoms with Crippen molar-refractivity contribution in [1.82, 2.24) is 0 Å². The van der Waals surface area contributed by atoms with E-state index in [0.29, 0.717) is 4.47 Å². The van der Waals surface area contributed by atoms with Crippen LogP contribution in [0.5, 0.6) is 11.5 Å². The molecule has 96 valence electrons. The second-order valence-corrected chi connectivity index (χ2v) is 3.44. The lowest BCUT2D eigenvalue weighted by Gasteiger charge is -1.96. The van der Waals surface area contributed by atoms with Crippen LogP contribution in [0.2, 0.25) is 0 Å². The van der Waals surface area contributed by atoms with Crippen LogP contribution in [0.1, 0.15) is 13.8 Å². The van der Waals surface area contributed by atoms with Crippen molar-refractivity contribution in [2.75, 3.05) is 0 Å². The summed E-state index contributed by atoms with van der Waals surface area (Å²) in [5.74, 6) is -1.56. The number of phenolic OH excluding ortho intramolecular Hbond substituents is 2. The molecular weight excluding hydrogens is 296 g/mol. The fraction of sp³-hybridized carbons (Fsp3) is 0.200. The first-order valence-corrected chi connectivity index (χ1v) is 5.03. The third-order valence-corrected chi connectivity index (χ3v) is 1.77. The molecule has 0 amide bonds. The van der Waals surface area contributed by atoms with E-state index in [0.717, 1.165) is 13.8 Å². The van der Waals surface area contributed by atoms with Crippen LogP contribution in [0.15, 0.2) is 22.7 Å². The summed E-state index contributed by atoms with van der Waals surface area (Å²) < 4.78 is 0.338. The van der Waals surface area contributed by atoms with Crippen molar-refractivity contribution >= 4 is 27.9 Å². The second-order valence-electron chi connectivity index (χ2n) is 2.65. The van der Waals surface area contributed by atoms with E-state index >= 15 is 0 Å². The molecule has 0 bridgehead atoms. The molecule has 4 N–H and O–H groups in total. The van der Waals surface area contributed by atoms with Crippen LogP contribution in [-0.4, -0.2) is 32.4 Å². The van der Waals surface area contributed by atoms with Crippen molar-refractivity contribution in [3.8, 4) is 11.5 Å². The van der Waals surface area contributed by atoms with E-state index in [1.165, 1.54) is 12.1 Å². The van der Waals surface area contributed by atoms with Crippen LogP contribution >= 0.6 is 15.9 Å². The van der Waals surface area contributed by atoms with Gasteiger partial charge in [0.05, 0.1) is 0 Å².